The molecular formula is C23H36O9Si. The van der Waals surface area contributed by atoms with E-state index in [1.54, 1.807) is 6.08 Å². The molecular weight excluding hydrogens is 448 g/mol. The van der Waals surface area contributed by atoms with Gasteiger partial charge in [0.1, 0.15) is 0 Å². The summed E-state index contributed by atoms with van der Waals surface area (Å²) in [4.78, 5) is 38.4. The molecule has 1 fully saturated rings. The molecule has 0 heterocycles. The fourth-order valence-corrected chi connectivity index (χ4v) is 8.53. The van der Waals surface area contributed by atoms with Crippen LogP contribution in [0, 0.1) is 17.3 Å². The molecule has 2 rings (SSSR count). The van der Waals surface area contributed by atoms with Crippen LogP contribution in [0.1, 0.15) is 40.0 Å². The first kappa shape index (κ1) is 27.2. The van der Waals surface area contributed by atoms with E-state index in [1.165, 1.54) is 21.3 Å². The normalized spacial score (nSPS) is 24.4. The zero-order chi connectivity index (χ0) is 24.8. The average Bonchev–Trinajstić information content (AvgIpc) is 3.16. The molecule has 0 N–H and O–H groups in total. The topological polar surface area (TPSA) is 107 Å². The minimum atomic E-state index is -3.42. The number of hydrogen-bond donors (Lipinski definition) is 0. The molecule has 0 aliphatic heterocycles. The Morgan fingerprint density at radius 2 is 1.45 bits per heavy atom. The second kappa shape index (κ2) is 11.4. The molecule has 0 amide bonds. The molecule has 186 valence electrons. The van der Waals surface area contributed by atoms with Crippen molar-refractivity contribution in [3.8, 4) is 0 Å². The van der Waals surface area contributed by atoms with Crippen LogP contribution >= 0.6 is 0 Å². The lowest BCUT2D eigenvalue weighted by Crippen LogP contribution is -2.52. The Kier molecular flexibility index (Phi) is 9.42. The molecule has 3 atom stereocenters. The highest BCUT2D eigenvalue weighted by Gasteiger charge is 2.64. The van der Waals surface area contributed by atoms with Crippen molar-refractivity contribution in [2.45, 2.75) is 45.6 Å². The highest BCUT2D eigenvalue weighted by molar-refractivity contribution is 6.63. The number of fused-ring (bicyclic) bond motifs is 1. The summed E-state index contributed by atoms with van der Waals surface area (Å²) < 4.78 is 33.6. The predicted molar refractivity (Wildman–Crippen MR) is 121 cm³/mol. The van der Waals surface area contributed by atoms with E-state index < -0.39 is 37.7 Å². The second-order valence-electron chi connectivity index (χ2n) is 8.19. The standard InChI is InChI=1S/C23H36O9Si/c1-8-30-33(31-9-2,32-10-3)19-12-16(20(24)27-5)11-15(4)17-13-23(14-18(17)19,21(25)28-6)22(26)29-7/h12,17-19H,4,8-11,13-14H2,1-3,5-7H3/t17-,18-,19-/m1/s1. The van der Waals surface area contributed by atoms with Crippen molar-refractivity contribution in [2.24, 2.45) is 17.3 Å². The van der Waals surface area contributed by atoms with E-state index in [9.17, 15) is 14.4 Å². The number of hydrogen-bond acceptors (Lipinski definition) is 9. The van der Waals surface area contributed by atoms with Crippen molar-refractivity contribution >= 4 is 26.7 Å². The third-order valence-electron chi connectivity index (χ3n) is 6.50. The summed E-state index contributed by atoms with van der Waals surface area (Å²) in [6.07, 6.45) is 2.33. The van der Waals surface area contributed by atoms with Gasteiger partial charge in [-0.15, -0.1) is 0 Å². The van der Waals surface area contributed by atoms with Crippen molar-refractivity contribution in [2.75, 3.05) is 41.2 Å². The van der Waals surface area contributed by atoms with Crippen LogP contribution in [0.2, 0.25) is 5.54 Å². The Morgan fingerprint density at radius 1 is 0.939 bits per heavy atom. The van der Waals surface area contributed by atoms with E-state index >= 15 is 0 Å². The monoisotopic (exact) mass is 484 g/mol. The highest BCUT2D eigenvalue weighted by atomic mass is 28.4. The Morgan fingerprint density at radius 3 is 1.88 bits per heavy atom. The van der Waals surface area contributed by atoms with Crippen LogP contribution in [0.4, 0.5) is 0 Å². The molecule has 0 unspecified atom stereocenters. The molecule has 0 saturated heterocycles. The first-order valence-electron chi connectivity index (χ1n) is 11.2. The van der Waals surface area contributed by atoms with E-state index in [4.69, 9.17) is 27.5 Å². The quantitative estimate of drug-likeness (QED) is 0.152. The van der Waals surface area contributed by atoms with Gasteiger partial charge in [0.2, 0.25) is 0 Å². The summed E-state index contributed by atoms with van der Waals surface area (Å²) in [6, 6.07) is 0. The Hall–Kier alpha value is -2.01. The SMILES string of the molecule is C=C1CC(C(=O)OC)=C[C@@H]([Si](OCC)(OCC)OCC)[C@@H]2CC(C(=O)OC)(C(=O)OC)C[C@H]12. The molecule has 0 aromatic heterocycles. The molecule has 0 aromatic rings. The lowest BCUT2D eigenvalue weighted by atomic mass is 9.83. The van der Waals surface area contributed by atoms with Gasteiger partial charge >= 0.3 is 26.7 Å². The summed E-state index contributed by atoms with van der Waals surface area (Å²) in [7, 11) is 0.404. The Bertz CT molecular complexity index is 758. The molecule has 10 heteroatoms. The summed E-state index contributed by atoms with van der Waals surface area (Å²) in [5.41, 5.74) is -0.839. The number of allylic oxidation sites excluding steroid dienone is 2. The summed E-state index contributed by atoms with van der Waals surface area (Å²) in [5, 5.41) is 0. The molecule has 9 nitrogen and oxygen atoms in total. The maximum Gasteiger partial charge on any atom is 0.508 e. The van der Waals surface area contributed by atoms with E-state index in [0.717, 1.165) is 5.57 Å². The van der Waals surface area contributed by atoms with Crippen LogP contribution in [0.5, 0.6) is 0 Å². The largest absolute Gasteiger partial charge is 0.508 e. The molecule has 2 aliphatic rings. The average molecular weight is 485 g/mol. The van der Waals surface area contributed by atoms with Gasteiger partial charge in [-0.2, -0.15) is 0 Å². The van der Waals surface area contributed by atoms with Crippen molar-refractivity contribution in [1.82, 2.24) is 0 Å². The Labute approximate surface area is 196 Å². The van der Waals surface area contributed by atoms with Crippen LogP contribution in [0.3, 0.4) is 0 Å². The van der Waals surface area contributed by atoms with Crippen molar-refractivity contribution in [3.05, 3.63) is 23.8 Å². The van der Waals surface area contributed by atoms with E-state index in [0.29, 0.717) is 25.4 Å². The van der Waals surface area contributed by atoms with Crippen molar-refractivity contribution in [1.29, 1.82) is 0 Å². The smallest absolute Gasteiger partial charge is 0.468 e. The fraction of sp³-hybridized carbons (Fsp3) is 0.696. The van der Waals surface area contributed by atoms with Crippen LogP contribution in [0.25, 0.3) is 0 Å². The minimum Gasteiger partial charge on any atom is -0.468 e. The van der Waals surface area contributed by atoms with Crippen molar-refractivity contribution < 1.29 is 41.9 Å². The Balaban J connectivity index is 2.73. The predicted octanol–water partition coefficient (Wildman–Crippen LogP) is 2.82. The third kappa shape index (κ3) is 5.08. The number of carbonyl (C=O) groups excluding carboxylic acids is 3. The molecule has 0 radical (unpaired) electrons. The van der Waals surface area contributed by atoms with Crippen LogP contribution < -0.4 is 0 Å². The zero-order valence-electron chi connectivity index (χ0n) is 20.4. The van der Waals surface area contributed by atoms with E-state index in [-0.39, 0.29) is 31.1 Å². The van der Waals surface area contributed by atoms with Gasteiger partial charge in [0.05, 0.1) is 26.9 Å². The van der Waals surface area contributed by atoms with Gasteiger partial charge in [0.15, 0.2) is 5.41 Å². The zero-order valence-corrected chi connectivity index (χ0v) is 21.4. The first-order valence-corrected chi connectivity index (χ1v) is 13.1. The minimum absolute atomic E-state index is 0.133. The third-order valence-corrected chi connectivity index (χ3v) is 9.98. The first-order chi connectivity index (χ1) is 15.7. The molecule has 0 bridgehead atoms. The maximum atomic E-state index is 12.9. The molecule has 1 saturated carbocycles. The number of ether oxygens (including phenoxy) is 3. The van der Waals surface area contributed by atoms with Gasteiger partial charge in [-0.05, 0) is 45.4 Å². The number of esters is 3. The fourth-order valence-electron chi connectivity index (χ4n) is 5.21. The lowest BCUT2D eigenvalue weighted by molar-refractivity contribution is -0.169. The molecule has 33 heavy (non-hydrogen) atoms. The van der Waals surface area contributed by atoms with Gasteiger partial charge in [-0.3, -0.25) is 9.59 Å². The summed E-state index contributed by atoms with van der Waals surface area (Å²) >= 11 is 0. The van der Waals surface area contributed by atoms with Crippen LogP contribution in [-0.4, -0.2) is 67.9 Å². The van der Waals surface area contributed by atoms with Crippen LogP contribution in [-0.2, 0) is 41.9 Å². The maximum absolute atomic E-state index is 12.9. The molecule has 0 spiro atoms. The summed E-state index contributed by atoms with van der Waals surface area (Å²) in [5.74, 6) is -2.39. The van der Waals surface area contributed by atoms with Gasteiger partial charge in [0, 0.05) is 31.8 Å². The molecule has 0 aromatic carbocycles. The van der Waals surface area contributed by atoms with Gasteiger partial charge in [0.25, 0.3) is 0 Å². The van der Waals surface area contributed by atoms with E-state index in [2.05, 4.69) is 6.58 Å². The van der Waals surface area contributed by atoms with Crippen LogP contribution in [0.15, 0.2) is 23.8 Å². The highest BCUT2D eigenvalue weighted by Crippen LogP contribution is 2.58. The van der Waals surface area contributed by atoms with Gasteiger partial charge in [-0.1, -0.05) is 18.2 Å². The van der Waals surface area contributed by atoms with Crippen molar-refractivity contribution in [3.63, 3.8) is 0 Å². The number of rotatable bonds is 10. The lowest BCUT2D eigenvalue weighted by Gasteiger charge is -2.38. The second-order valence-corrected chi connectivity index (χ2v) is 10.9. The number of methoxy groups -OCH3 is 3. The van der Waals surface area contributed by atoms with E-state index in [1.807, 2.05) is 20.8 Å². The van der Waals surface area contributed by atoms with Gasteiger partial charge in [-0.25, -0.2) is 4.79 Å². The number of carbonyl (C=O) groups is 3. The van der Waals surface area contributed by atoms with Gasteiger partial charge < -0.3 is 27.5 Å². The summed E-state index contributed by atoms with van der Waals surface area (Å²) in [6.45, 7) is 10.8. The molecule has 2 aliphatic carbocycles.